The number of hydrogen-bond donors (Lipinski definition) is 2. The van der Waals surface area contributed by atoms with Gasteiger partial charge in [0.25, 0.3) is 0 Å². The van der Waals surface area contributed by atoms with Crippen molar-refractivity contribution in [2.75, 3.05) is 7.11 Å². The predicted octanol–water partition coefficient (Wildman–Crippen LogP) is 3.67. The van der Waals surface area contributed by atoms with E-state index in [0.717, 1.165) is 5.56 Å². The van der Waals surface area contributed by atoms with E-state index in [4.69, 9.17) is 9.84 Å². The molecule has 1 aliphatic carbocycles. The molecular formula is C19H16O6. The Kier molecular flexibility index (Phi) is 4.43. The number of phenols is 1. The first kappa shape index (κ1) is 16.6. The molecule has 0 aromatic heterocycles. The molecule has 6 heteroatoms. The van der Waals surface area contributed by atoms with Gasteiger partial charge in [-0.05, 0) is 60.4 Å². The summed E-state index contributed by atoms with van der Waals surface area (Å²) >= 11 is 0. The number of fused-ring (bicyclic) bond motifs is 1. The van der Waals surface area contributed by atoms with Crippen molar-refractivity contribution < 1.29 is 29.3 Å². The molecular weight excluding hydrogens is 324 g/mol. The van der Waals surface area contributed by atoms with Gasteiger partial charge in [-0.25, -0.2) is 4.79 Å². The minimum Gasteiger partial charge on any atom is -0.508 e. The average Bonchev–Trinajstić information content (AvgIpc) is 2.58. The van der Waals surface area contributed by atoms with Crippen LogP contribution in [-0.4, -0.2) is 29.3 Å². The van der Waals surface area contributed by atoms with Crippen LogP contribution in [0.3, 0.4) is 0 Å². The van der Waals surface area contributed by atoms with Gasteiger partial charge in [-0.15, -0.1) is 0 Å². The number of benzene rings is 2. The van der Waals surface area contributed by atoms with E-state index in [1.54, 1.807) is 30.3 Å². The first-order valence-corrected chi connectivity index (χ1v) is 7.64. The lowest BCUT2D eigenvalue weighted by Gasteiger charge is -2.17. The lowest BCUT2D eigenvalue weighted by atomic mass is 9.86. The maximum atomic E-state index is 12.6. The third-order valence-corrected chi connectivity index (χ3v) is 4.01. The van der Waals surface area contributed by atoms with Crippen molar-refractivity contribution in [3.05, 3.63) is 58.7 Å². The summed E-state index contributed by atoms with van der Waals surface area (Å²) in [5.41, 5.74) is 2.78. The number of carbonyl (C=O) groups is 2. The fourth-order valence-electron chi connectivity index (χ4n) is 2.86. The van der Waals surface area contributed by atoms with Crippen molar-refractivity contribution in [3.8, 4) is 17.2 Å². The van der Waals surface area contributed by atoms with Crippen LogP contribution in [0, 0.1) is 0 Å². The Hall–Kier alpha value is -3.28. The number of hydrogen-bond acceptors (Lipinski definition) is 5. The van der Waals surface area contributed by atoms with E-state index in [2.05, 4.69) is 4.74 Å². The van der Waals surface area contributed by atoms with Gasteiger partial charge in [-0.3, -0.25) is 4.79 Å². The maximum absolute atomic E-state index is 12.6. The Morgan fingerprint density at radius 3 is 2.64 bits per heavy atom. The molecule has 0 atom stereocenters. The Balaban J connectivity index is 1.92. The summed E-state index contributed by atoms with van der Waals surface area (Å²) in [6.45, 7) is 0. The van der Waals surface area contributed by atoms with Crippen molar-refractivity contribution in [2.45, 2.75) is 12.8 Å². The van der Waals surface area contributed by atoms with Crippen molar-refractivity contribution >= 4 is 18.0 Å². The molecule has 0 amide bonds. The molecule has 128 valence electrons. The van der Waals surface area contributed by atoms with Gasteiger partial charge in [0, 0.05) is 11.1 Å². The zero-order valence-electron chi connectivity index (χ0n) is 13.5. The van der Waals surface area contributed by atoms with E-state index in [9.17, 15) is 14.7 Å². The number of carbonyl (C=O) groups excluding carboxylic acids is 1. The molecule has 0 fully saturated rings. The summed E-state index contributed by atoms with van der Waals surface area (Å²) in [7, 11) is 1.41. The van der Waals surface area contributed by atoms with Crippen molar-refractivity contribution in [1.29, 1.82) is 0 Å². The van der Waals surface area contributed by atoms with Crippen LogP contribution < -0.4 is 9.47 Å². The molecule has 3 rings (SSSR count). The van der Waals surface area contributed by atoms with Gasteiger partial charge in [-0.1, -0.05) is 6.07 Å². The number of ketones is 1. The standard InChI is InChI=1S/C19H16O6/c1-24-17-9-11(2-7-16(17)25-19(22)23)8-13-4-3-12-10-14(20)5-6-15(12)18(13)21/h2,5-10,20H,3-4H2,1H3,(H,22,23). The van der Waals surface area contributed by atoms with Crippen molar-refractivity contribution in [3.63, 3.8) is 0 Å². The summed E-state index contributed by atoms with van der Waals surface area (Å²) in [5, 5.41) is 18.2. The highest BCUT2D eigenvalue weighted by Crippen LogP contribution is 2.32. The predicted molar refractivity (Wildman–Crippen MR) is 90.4 cm³/mol. The lowest BCUT2D eigenvalue weighted by Crippen LogP contribution is -2.13. The number of ether oxygens (including phenoxy) is 2. The second-order valence-corrected chi connectivity index (χ2v) is 5.62. The van der Waals surface area contributed by atoms with Crippen molar-refractivity contribution in [2.24, 2.45) is 0 Å². The van der Waals surface area contributed by atoms with Crippen LogP contribution in [0.2, 0.25) is 0 Å². The molecule has 25 heavy (non-hydrogen) atoms. The Labute approximate surface area is 143 Å². The number of Topliss-reactive ketones (excluding diaryl/α,β-unsaturated/α-hetero) is 1. The van der Waals surface area contributed by atoms with Crippen LogP contribution in [0.1, 0.15) is 27.9 Å². The largest absolute Gasteiger partial charge is 0.511 e. The number of methoxy groups -OCH3 is 1. The Morgan fingerprint density at radius 2 is 1.92 bits per heavy atom. The molecule has 0 saturated carbocycles. The second kappa shape index (κ2) is 6.68. The molecule has 2 aromatic carbocycles. The number of rotatable bonds is 3. The number of allylic oxidation sites excluding steroid dienone is 1. The highest BCUT2D eigenvalue weighted by molar-refractivity contribution is 6.13. The topological polar surface area (TPSA) is 93.1 Å². The number of phenolic OH excluding ortho intramolecular Hbond substituents is 1. The monoisotopic (exact) mass is 340 g/mol. The molecule has 0 radical (unpaired) electrons. The van der Waals surface area contributed by atoms with E-state index in [1.165, 1.54) is 19.2 Å². The fourth-order valence-corrected chi connectivity index (χ4v) is 2.86. The first-order valence-electron chi connectivity index (χ1n) is 7.64. The van der Waals surface area contributed by atoms with Gasteiger partial charge in [0.2, 0.25) is 0 Å². The summed E-state index contributed by atoms with van der Waals surface area (Å²) in [6, 6.07) is 9.51. The van der Waals surface area contributed by atoms with E-state index in [1.807, 2.05) is 0 Å². The van der Waals surface area contributed by atoms with Crippen LogP contribution in [-0.2, 0) is 6.42 Å². The highest BCUT2D eigenvalue weighted by Gasteiger charge is 2.22. The second-order valence-electron chi connectivity index (χ2n) is 5.62. The third-order valence-electron chi connectivity index (χ3n) is 4.01. The molecule has 0 unspecified atom stereocenters. The number of aryl methyl sites for hydroxylation is 1. The zero-order chi connectivity index (χ0) is 18.0. The van der Waals surface area contributed by atoms with Gasteiger partial charge < -0.3 is 19.7 Å². The van der Waals surface area contributed by atoms with Gasteiger partial charge in [0.1, 0.15) is 5.75 Å². The van der Waals surface area contributed by atoms with Crippen LogP contribution in [0.25, 0.3) is 6.08 Å². The summed E-state index contributed by atoms with van der Waals surface area (Å²) in [6.07, 6.45) is 1.56. The minimum atomic E-state index is -1.42. The minimum absolute atomic E-state index is 0.0777. The Bertz CT molecular complexity index is 881. The lowest BCUT2D eigenvalue weighted by molar-refractivity contribution is 0.102. The van der Waals surface area contributed by atoms with Crippen LogP contribution >= 0.6 is 0 Å². The average molecular weight is 340 g/mol. The van der Waals surface area contributed by atoms with Crippen LogP contribution in [0.4, 0.5) is 4.79 Å². The smallest absolute Gasteiger partial charge is 0.508 e. The molecule has 0 spiro atoms. The summed E-state index contributed by atoms with van der Waals surface area (Å²) in [5.74, 6) is 0.432. The molecule has 2 aromatic rings. The van der Waals surface area contributed by atoms with E-state index in [-0.39, 0.29) is 23.0 Å². The molecule has 1 aliphatic rings. The van der Waals surface area contributed by atoms with E-state index < -0.39 is 6.16 Å². The van der Waals surface area contributed by atoms with Crippen LogP contribution in [0.15, 0.2) is 42.0 Å². The SMILES string of the molecule is COc1cc(C=C2CCc3cc(O)ccc3C2=O)ccc1OC(=O)O. The summed E-state index contributed by atoms with van der Waals surface area (Å²) < 4.78 is 9.78. The van der Waals surface area contributed by atoms with Gasteiger partial charge in [0.05, 0.1) is 7.11 Å². The van der Waals surface area contributed by atoms with Crippen molar-refractivity contribution in [1.82, 2.24) is 0 Å². The summed E-state index contributed by atoms with van der Waals surface area (Å²) in [4.78, 5) is 23.3. The van der Waals surface area contributed by atoms with E-state index in [0.29, 0.717) is 29.5 Å². The van der Waals surface area contributed by atoms with Crippen LogP contribution in [0.5, 0.6) is 17.2 Å². The first-order chi connectivity index (χ1) is 12.0. The quantitative estimate of drug-likeness (QED) is 0.503. The number of aromatic hydroxyl groups is 1. The molecule has 0 aliphatic heterocycles. The normalized spacial score (nSPS) is 14.9. The van der Waals surface area contributed by atoms with Gasteiger partial charge in [-0.2, -0.15) is 0 Å². The van der Waals surface area contributed by atoms with E-state index >= 15 is 0 Å². The zero-order valence-corrected chi connectivity index (χ0v) is 13.5. The Morgan fingerprint density at radius 1 is 1.12 bits per heavy atom. The highest BCUT2D eigenvalue weighted by atomic mass is 16.7. The molecule has 6 nitrogen and oxygen atoms in total. The third kappa shape index (κ3) is 3.47. The van der Waals surface area contributed by atoms with Gasteiger partial charge in [0.15, 0.2) is 17.3 Å². The molecule has 0 heterocycles. The number of carboxylic acid groups (broad SMARTS) is 1. The molecule has 0 saturated heterocycles. The molecule has 2 N–H and O–H groups in total. The maximum Gasteiger partial charge on any atom is 0.511 e. The van der Waals surface area contributed by atoms with Gasteiger partial charge >= 0.3 is 6.16 Å². The fraction of sp³-hybridized carbons (Fsp3) is 0.158. The molecule has 0 bridgehead atoms.